The van der Waals surface area contributed by atoms with E-state index in [1.54, 1.807) is 13.8 Å². The first-order valence-corrected chi connectivity index (χ1v) is 8.83. The Morgan fingerprint density at radius 3 is 2.21 bits per heavy atom. The third kappa shape index (κ3) is 5.94. The van der Waals surface area contributed by atoms with Crippen molar-refractivity contribution in [3.8, 4) is 0 Å². The Labute approximate surface area is 104 Å². The summed E-state index contributed by atoms with van der Waals surface area (Å²) >= 11 is 5.11. The minimum atomic E-state index is -3.30. The van der Waals surface area contributed by atoms with Crippen molar-refractivity contribution in [2.75, 3.05) is 0 Å². The second-order valence-electron chi connectivity index (χ2n) is 2.75. The van der Waals surface area contributed by atoms with Crippen LogP contribution in [-0.4, -0.2) is 16.4 Å². The van der Waals surface area contributed by atoms with Crippen molar-refractivity contribution in [3.05, 3.63) is 0 Å². The third-order valence-corrected chi connectivity index (χ3v) is 6.25. The van der Waals surface area contributed by atoms with Crippen LogP contribution < -0.4 is 0 Å². The Kier molecular flexibility index (Phi) is 7.30. The molecule has 83 valence electrons. The van der Waals surface area contributed by atoms with E-state index in [4.69, 9.17) is 9.05 Å². The standard InChI is InChI=1S/C6H12O4PS2.Mo/c1-5(2)9-11(8,13-12)10-6(3)4-7;/h5-6,12H,1-3H3;. The summed E-state index contributed by atoms with van der Waals surface area (Å²) in [6.07, 6.45) is -0.968. The van der Waals surface area contributed by atoms with Crippen molar-refractivity contribution in [3.63, 3.8) is 0 Å². The molecule has 0 aromatic carbocycles. The number of carbonyl (C=O) groups excluding carboxylic acids is 1. The first-order valence-electron chi connectivity index (χ1n) is 3.81. The van der Waals surface area contributed by atoms with Crippen molar-refractivity contribution in [1.82, 2.24) is 0 Å². The van der Waals surface area contributed by atoms with Crippen LogP contribution in [0.1, 0.15) is 20.8 Å². The van der Waals surface area contributed by atoms with Crippen LogP contribution in [0.5, 0.6) is 0 Å². The molecule has 0 radical (unpaired) electrons. The van der Waals surface area contributed by atoms with Gasteiger partial charge in [0.1, 0.15) is 0 Å². The van der Waals surface area contributed by atoms with Gasteiger partial charge in [0, 0.05) is 0 Å². The zero-order chi connectivity index (χ0) is 11.4. The first kappa shape index (κ1) is 15.2. The quantitative estimate of drug-likeness (QED) is 0.349. The molecule has 0 saturated heterocycles. The Balaban J connectivity index is 4.40. The first-order chi connectivity index (χ1) is 6.30. The summed E-state index contributed by atoms with van der Waals surface area (Å²) in [5.74, 6) is 0. The van der Waals surface area contributed by atoms with E-state index in [9.17, 15) is 9.36 Å². The van der Waals surface area contributed by atoms with Gasteiger partial charge >= 0.3 is 104 Å². The molecule has 0 aliphatic heterocycles. The molecule has 8 heteroatoms. The van der Waals surface area contributed by atoms with Crippen molar-refractivity contribution < 1.29 is 38.2 Å². The molecule has 0 aromatic rings. The van der Waals surface area contributed by atoms with Gasteiger partial charge in [-0.2, -0.15) is 0 Å². The Hall–Kier alpha value is 1.21. The fraction of sp³-hybridized carbons (Fsp3) is 0.833. The zero-order valence-corrected chi connectivity index (χ0v) is 12.6. The molecule has 14 heavy (non-hydrogen) atoms. The van der Waals surface area contributed by atoms with E-state index in [0.29, 0.717) is 10.4 Å². The average Bonchev–Trinajstić information content (AvgIpc) is 2.02. The van der Waals surface area contributed by atoms with E-state index >= 15 is 0 Å². The minimum absolute atomic E-state index is 0.184. The third-order valence-electron chi connectivity index (χ3n) is 1.06. The van der Waals surface area contributed by atoms with Gasteiger partial charge in [0.2, 0.25) is 0 Å². The summed E-state index contributed by atoms with van der Waals surface area (Å²) < 4.78 is 21.7. The molecular formula is C6H12MoO4PS2. The van der Waals surface area contributed by atoms with Crippen molar-refractivity contribution in [2.24, 2.45) is 0 Å². The molecule has 0 aliphatic carbocycles. The molecule has 2 unspecified atom stereocenters. The second-order valence-corrected chi connectivity index (χ2v) is 8.52. The van der Waals surface area contributed by atoms with Crippen molar-refractivity contribution in [2.45, 2.75) is 33.0 Å². The molecule has 0 spiro atoms. The SMILES string of the molecule is CC(C)OP(=O)(OC(C)[C](=O)[Mo])SS. The normalized spacial score (nSPS) is 17.8. The summed E-state index contributed by atoms with van der Waals surface area (Å²) in [7, 11) is 0.701. The molecule has 0 rings (SSSR count). The summed E-state index contributed by atoms with van der Waals surface area (Å²) in [6, 6.07) is 0. The van der Waals surface area contributed by atoms with Gasteiger partial charge in [-0.1, -0.05) is 0 Å². The van der Waals surface area contributed by atoms with Gasteiger partial charge in [-0.05, 0) is 0 Å². The van der Waals surface area contributed by atoms with Gasteiger partial charge < -0.3 is 0 Å². The maximum atomic E-state index is 11.8. The molecule has 0 fully saturated rings. The van der Waals surface area contributed by atoms with Crippen molar-refractivity contribution >= 4 is 33.0 Å². The van der Waals surface area contributed by atoms with Crippen LogP contribution in [0.3, 0.4) is 0 Å². The summed E-state index contributed by atoms with van der Waals surface area (Å²) in [5.41, 5.74) is 0. The molecule has 2 atom stereocenters. The van der Waals surface area contributed by atoms with Crippen LogP contribution in [0.15, 0.2) is 0 Å². The van der Waals surface area contributed by atoms with Crippen LogP contribution in [0, 0.1) is 0 Å². The Bertz CT molecular complexity index is 248. The maximum absolute atomic E-state index is 11.8. The van der Waals surface area contributed by atoms with Gasteiger partial charge in [-0.15, -0.1) is 0 Å². The van der Waals surface area contributed by atoms with E-state index in [1.807, 2.05) is 0 Å². The van der Waals surface area contributed by atoms with Crippen molar-refractivity contribution in [1.29, 1.82) is 0 Å². The van der Waals surface area contributed by atoms with E-state index in [0.717, 1.165) is 0 Å². The number of carbonyl (C=O) groups is 1. The van der Waals surface area contributed by atoms with E-state index in [1.165, 1.54) is 26.7 Å². The number of thiol groups is 1. The average molecular weight is 339 g/mol. The Morgan fingerprint density at radius 1 is 1.43 bits per heavy atom. The monoisotopic (exact) mass is 341 g/mol. The van der Waals surface area contributed by atoms with Crippen LogP contribution >= 0.6 is 28.9 Å². The van der Waals surface area contributed by atoms with Crippen LogP contribution in [0.2, 0.25) is 0 Å². The van der Waals surface area contributed by atoms with E-state index in [-0.39, 0.29) is 10.3 Å². The fourth-order valence-electron chi connectivity index (χ4n) is 0.558. The molecule has 4 nitrogen and oxygen atoms in total. The predicted molar refractivity (Wildman–Crippen MR) is 56.0 cm³/mol. The molecule has 0 N–H and O–H groups in total. The van der Waals surface area contributed by atoms with E-state index in [2.05, 4.69) is 11.7 Å². The predicted octanol–water partition coefficient (Wildman–Crippen LogP) is 2.58. The summed E-state index contributed by atoms with van der Waals surface area (Å²) in [4.78, 5) is 10.9. The van der Waals surface area contributed by atoms with Gasteiger partial charge in [0.05, 0.1) is 0 Å². The molecule has 0 aliphatic rings. The zero-order valence-electron chi connectivity index (χ0n) is 8.00. The molecule has 0 heterocycles. The van der Waals surface area contributed by atoms with E-state index < -0.39 is 12.9 Å². The fourth-order valence-corrected chi connectivity index (χ4v) is 3.82. The van der Waals surface area contributed by atoms with Gasteiger partial charge in [-0.3, -0.25) is 0 Å². The number of hydrogen-bond acceptors (Lipinski definition) is 6. The number of rotatable bonds is 6. The number of hydrogen-bond donors (Lipinski definition) is 1. The second kappa shape index (κ2) is 6.72. The topological polar surface area (TPSA) is 52.6 Å². The molecule has 0 aromatic heterocycles. The van der Waals surface area contributed by atoms with Crippen LogP contribution in [0.25, 0.3) is 0 Å². The van der Waals surface area contributed by atoms with Gasteiger partial charge in [0.15, 0.2) is 0 Å². The Morgan fingerprint density at radius 2 is 1.93 bits per heavy atom. The van der Waals surface area contributed by atoms with Crippen LogP contribution in [-0.2, 0) is 38.2 Å². The molecule has 0 amide bonds. The van der Waals surface area contributed by atoms with Crippen LogP contribution in [0.4, 0.5) is 0 Å². The summed E-state index contributed by atoms with van der Waals surface area (Å²) in [6.45, 7) is 1.70. The van der Waals surface area contributed by atoms with Gasteiger partial charge in [-0.25, -0.2) is 0 Å². The summed E-state index contributed by atoms with van der Waals surface area (Å²) in [5, 5.41) is 0. The molecule has 0 bridgehead atoms. The molecule has 0 saturated carbocycles. The molecular weight excluding hydrogens is 327 g/mol. The van der Waals surface area contributed by atoms with Gasteiger partial charge in [0.25, 0.3) is 0 Å².